The number of carbonyl (C=O) groups excluding carboxylic acids is 1. The van der Waals surface area contributed by atoms with Crippen molar-refractivity contribution in [2.45, 2.75) is 19.4 Å². The highest BCUT2D eigenvalue weighted by atomic mass is 16.5. The quantitative estimate of drug-likeness (QED) is 0.783. The smallest absolute Gasteiger partial charge is 0.244 e. The summed E-state index contributed by atoms with van der Waals surface area (Å²) in [7, 11) is 3.18. The summed E-state index contributed by atoms with van der Waals surface area (Å²) in [4.78, 5) is 12.2. The first-order valence-corrected chi connectivity index (χ1v) is 7.93. The second kappa shape index (κ2) is 8.77. The number of amides is 1. The normalized spacial score (nSPS) is 12.0. The Morgan fingerprint density at radius 2 is 1.79 bits per heavy atom. The van der Waals surface area contributed by atoms with Crippen LogP contribution in [0.2, 0.25) is 0 Å². The zero-order chi connectivity index (χ0) is 17.4. The summed E-state index contributed by atoms with van der Waals surface area (Å²) in [5, 5.41) is 3.02. The van der Waals surface area contributed by atoms with Gasteiger partial charge in [-0.3, -0.25) is 4.79 Å². The van der Waals surface area contributed by atoms with E-state index in [4.69, 9.17) is 9.47 Å². The second-order valence-corrected chi connectivity index (χ2v) is 5.33. The van der Waals surface area contributed by atoms with Gasteiger partial charge in [0.1, 0.15) is 0 Å². The molecule has 0 radical (unpaired) electrons. The number of carbonyl (C=O) groups is 1. The van der Waals surface area contributed by atoms with Crippen LogP contribution in [0.3, 0.4) is 0 Å². The lowest BCUT2D eigenvalue weighted by molar-refractivity contribution is -0.117. The predicted octanol–water partition coefficient (Wildman–Crippen LogP) is 3.98. The van der Waals surface area contributed by atoms with Crippen molar-refractivity contribution in [3.63, 3.8) is 0 Å². The Morgan fingerprint density at radius 1 is 1.08 bits per heavy atom. The molecule has 1 atom stereocenters. The van der Waals surface area contributed by atoms with Crippen molar-refractivity contribution in [2.24, 2.45) is 0 Å². The van der Waals surface area contributed by atoms with Gasteiger partial charge in [-0.1, -0.05) is 43.3 Å². The first-order valence-electron chi connectivity index (χ1n) is 7.93. The number of rotatable bonds is 7. The molecule has 0 fully saturated rings. The fraction of sp³-hybridized carbons (Fsp3) is 0.250. The molecule has 126 valence electrons. The minimum absolute atomic E-state index is 0.00811. The van der Waals surface area contributed by atoms with Gasteiger partial charge < -0.3 is 14.8 Å². The molecule has 0 aromatic heterocycles. The highest BCUT2D eigenvalue weighted by Crippen LogP contribution is 2.28. The average molecular weight is 325 g/mol. The Kier molecular flexibility index (Phi) is 6.43. The summed E-state index contributed by atoms with van der Waals surface area (Å²) in [6.07, 6.45) is 4.13. The number of nitrogens with one attached hydrogen (secondary N) is 1. The number of benzene rings is 2. The van der Waals surface area contributed by atoms with Crippen LogP contribution in [0, 0.1) is 0 Å². The Hall–Kier alpha value is -2.75. The van der Waals surface area contributed by atoms with Gasteiger partial charge in [0, 0.05) is 6.08 Å². The molecule has 0 aliphatic heterocycles. The molecule has 0 unspecified atom stereocenters. The fourth-order valence-corrected chi connectivity index (χ4v) is 2.45. The summed E-state index contributed by atoms with van der Waals surface area (Å²) in [6.45, 7) is 2.05. The SMILES string of the molecule is CC[C@@H](NC(=O)/C=C/c1ccc(OC)c(OC)c1)c1ccccc1. The minimum Gasteiger partial charge on any atom is -0.493 e. The summed E-state index contributed by atoms with van der Waals surface area (Å²) in [6, 6.07) is 15.5. The van der Waals surface area contributed by atoms with E-state index in [9.17, 15) is 4.79 Å². The molecule has 0 aliphatic carbocycles. The Labute approximate surface area is 143 Å². The second-order valence-electron chi connectivity index (χ2n) is 5.33. The van der Waals surface area contributed by atoms with Crippen LogP contribution in [0.4, 0.5) is 0 Å². The first-order chi connectivity index (χ1) is 11.7. The van der Waals surface area contributed by atoms with Crippen molar-refractivity contribution in [3.05, 3.63) is 65.7 Å². The van der Waals surface area contributed by atoms with Gasteiger partial charge in [0.25, 0.3) is 0 Å². The van der Waals surface area contributed by atoms with E-state index in [0.29, 0.717) is 11.5 Å². The molecule has 0 spiro atoms. The van der Waals surface area contributed by atoms with E-state index in [1.807, 2.05) is 48.5 Å². The topological polar surface area (TPSA) is 47.6 Å². The molecule has 0 saturated heterocycles. The van der Waals surface area contributed by atoms with Gasteiger partial charge in [0.05, 0.1) is 20.3 Å². The van der Waals surface area contributed by atoms with E-state index in [-0.39, 0.29) is 11.9 Å². The van der Waals surface area contributed by atoms with Crippen molar-refractivity contribution in [3.8, 4) is 11.5 Å². The van der Waals surface area contributed by atoms with Crippen molar-refractivity contribution in [1.82, 2.24) is 5.32 Å². The van der Waals surface area contributed by atoms with Gasteiger partial charge >= 0.3 is 0 Å². The molecule has 24 heavy (non-hydrogen) atoms. The summed E-state index contributed by atoms with van der Waals surface area (Å²) < 4.78 is 10.5. The van der Waals surface area contributed by atoms with Crippen LogP contribution >= 0.6 is 0 Å². The molecule has 4 heteroatoms. The summed E-state index contributed by atoms with van der Waals surface area (Å²) >= 11 is 0. The van der Waals surface area contributed by atoms with Crippen LogP contribution < -0.4 is 14.8 Å². The standard InChI is InChI=1S/C20H23NO3/c1-4-17(16-8-6-5-7-9-16)21-20(22)13-11-15-10-12-18(23-2)19(14-15)24-3/h5-14,17H,4H2,1-3H3,(H,21,22)/b13-11+/t17-/m1/s1. The zero-order valence-corrected chi connectivity index (χ0v) is 14.3. The van der Waals surface area contributed by atoms with Gasteiger partial charge in [-0.15, -0.1) is 0 Å². The number of methoxy groups -OCH3 is 2. The lowest BCUT2D eigenvalue weighted by atomic mass is 10.0. The summed E-state index contributed by atoms with van der Waals surface area (Å²) in [5.41, 5.74) is 1.98. The van der Waals surface area contributed by atoms with E-state index in [2.05, 4.69) is 12.2 Å². The molecule has 0 heterocycles. The lowest BCUT2D eigenvalue weighted by Gasteiger charge is -2.16. The average Bonchev–Trinajstić information content (AvgIpc) is 2.64. The first kappa shape index (κ1) is 17.6. The molecular weight excluding hydrogens is 302 g/mol. The molecule has 1 N–H and O–H groups in total. The van der Waals surface area contributed by atoms with E-state index in [0.717, 1.165) is 17.5 Å². The molecule has 1 amide bonds. The molecular formula is C20H23NO3. The Balaban J connectivity index is 2.04. The minimum atomic E-state index is -0.125. The van der Waals surface area contributed by atoms with Gasteiger partial charge in [0.15, 0.2) is 11.5 Å². The maximum atomic E-state index is 12.2. The highest BCUT2D eigenvalue weighted by Gasteiger charge is 2.10. The number of hydrogen-bond acceptors (Lipinski definition) is 3. The Bertz CT molecular complexity index is 695. The van der Waals surface area contributed by atoms with Crippen molar-refractivity contribution in [1.29, 1.82) is 0 Å². The van der Waals surface area contributed by atoms with Crippen LogP contribution in [-0.2, 0) is 4.79 Å². The number of hydrogen-bond donors (Lipinski definition) is 1. The molecule has 2 aromatic carbocycles. The van der Waals surface area contributed by atoms with E-state index in [1.54, 1.807) is 20.3 Å². The highest BCUT2D eigenvalue weighted by molar-refractivity contribution is 5.92. The van der Waals surface area contributed by atoms with Crippen molar-refractivity contribution < 1.29 is 14.3 Å². The maximum Gasteiger partial charge on any atom is 0.244 e. The van der Waals surface area contributed by atoms with Gasteiger partial charge in [-0.05, 0) is 35.8 Å². The van der Waals surface area contributed by atoms with E-state index in [1.165, 1.54) is 6.08 Å². The van der Waals surface area contributed by atoms with Crippen molar-refractivity contribution >= 4 is 12.0 Å². The maximum absolute atomic E-state index is 12.2. The molecule has 2 aromatic rings. The van der Waals surface area contributed by atoms with Crippen molar-refractivity contribution in [2.75, 3.05) is 14.2 Å². The predicted molar refractivity (Wildman–Crippen MR) is 96.2 cm³/mol. The van der Waals surface area contributed by atoms with Gasteiger partial charge in [-0.2, -0.15) is 0 Å². The molecule has 4 nitrogen and oxygen atoms in total. The number of ether oxygens (including phenoxy) is 2. The zero-order valence-electron chi connectivity index (χ0n) is 14.3. The van der Waals surface area contributed by atoms with E-state index >= 15 is 0 Å². The van der Waals surface area contributed by atoms with Gasteiger partial charge in [0.2, 0.25) is 5.91 Å². The third-order valence-electron chi connectivity index (χ3n) is 3.76. The monoisotopic (exact) mass is 325 g/mol. The van der Waals surface area contributed by atoms with Crippen LogP contribution in [0.1, 0.15) is 30.5 Å². The largest absolute Gasteiger partial charge is 0.493 e. The third-order valence-corrected chi connectivity index (χ3v) is 3.76. The van der Waals surface area contributed by atoms with Crippen LogP contribution in [0.5, 0.6) is 11.5 Å². The molecule has 0 bridgehead atoms. The third kappa shape index (κ3) is 4.62. The van der Waals surface area contributed by atoms with Gasteiger partial charge in [-0.25, -0.2) is 0 Å². The van der Waals surface area contributed by atoms with Crippen LogP contribution in [0.25, 0.3) is 6.08 Å². The summed E-state index contributed by atoms with van der Waals surface area (Å²) in [5.74, 6) is 1.17. The van der Waals surface area contributed by atoms with Crippen LogP contribution in [-0.4, -0.2) is 20.1 Å². The van der Waals surface area contributed by atoms with Crippen LogP contribution in [0.15, 0.2) is 54.6 Å². The molecule has 0 saturated carbocycles. The van der Waals surface area contributed by atoms with E-state index < -0.39 is 0 Å². The molecule has 0 aliphatic rings. The Morgan fingerprint density at radius 3 is 2.42 bits per heavy atom. The lowest BCUT2D eigenvalue weighted by Crippen LogP contribution is -2.26. The molecule has 2 rings (SSSR count). The fourth-order valence-electron chi connectivity index (χ4n) is 2.45.